The van der Waals surface area contributed by atoms with Gasteiger partial charge >= 0.3 is 0 Å². The van der Waals surface area contributed by atoms with Gasteiger partial charge in [0, 0.05) is 19.0 Å². The van der Waals surface area contributed by atoms with Crippen molar-refractivity contribution in [2.24, 2.45) is 0 Å². The van der Waals surface area contributed by atoms with Crippen molar-refractivity contribution in [3.63, 3.8) is 0 Å². The third-order valence-corrected chi connectivity index (χ3v) is 2.89. The average molecular weight is 230 g/mol. The highest BCUT2D eigenvalue weighted by Gasteiger charge is 2.35. The summed E-state index contributed by atoms with van der Waals surface area (Å²) in [6.45, 7) is 11.8. The molecule has 96 valence electrons. The van der Waals surface area contributed by atoms with Crippen molar-refractivity contribution < 1.29 is 9.90 Å². The van der Waals surface area contributed by atoms with E-state index >= 15 is 0 Å². The maximum atomic E-state index is 11.6. The van der Waals surface area contributed by atoms with Crippen LogP contribution in [0.5, 0.6) is 0 Å². The minimum atomic E-state index is -0.936. The molecule has 0 rings (SSSR count). The van der Waals surface area contributed by atoms with Crippen LogP contribution in [0.2, 0.25) is 0 Å². The number of carbonyl (C=O) groups excluding carboxylic acids is 1. The second-order valence-corrected chi connectivity index (χ2v) is 5.59. The SMILES string of the molecule is CC(C)NCCC(=O)NC(C)(C)C(C)(C)O. The van der Waals surface area contributed by atoms with E-state index in [-0.39, 0.29) is 5.91 Å². The topological polar surface area (TPSA) is 61.4 Å². The van der Waals surface area contributed by atoms with E-state index in [0.717, 1.165) is 0 Å². The van der Waals surface area contributed by atoms with Crippen molar-refractivity contribution in [2.75, 3.05) is 6.54 Å². The molecule has 0 aromatic heterocycles. The van der Waals surface area contributed by atoms with Gasteiger partial charge in [-0.05, 0) is 27.7 Å². The molecule has 0 saturated heterocycles. The summed E-state index contributed by atoms with van der Waals surface area (Å²) in [7, 11) is 0. The lowest BCUT2D eigenvalue weighted by Gasteiger charge is -2.38. The molecule has 4 heteroatoms. The number of hydrogen-bond acceptors (Lipinski definition) is 3. The van der Waals surface area contributed by atoms with Crippen molar-refractivity contribution in [1.29, 1.82) is 0 Å². The van der Waals surface area contributed by atoms with Gasteiger partial charge in [0.25, 0.3) is 0 Å². The maximum absolute atomic E-state index is 11.6. The molecule has 3 N–H and O–H groups in total. The number of rotatable bonds is 6. The predicted octanol–water partition coefficient (Wildman–Crippen LogP) is 1.04. The average Bonchev–Trinajstić information content (AvgIpc) is 1.99. The van der Waals surface area contributed by atoms with Gasteiger partial charge in [-0.1, -0.05) is 13.8 Å². The molecule has 0 atom stereocenters. The molecule has 0 aliphatic rings. The summed E-state index contributed by atoms with van der Waals surface area (Å²) in [4.78, 5) is 11.6. The van der Waals surface area contributed by atoms with E-state index in [4.69, 9.17) is 0 Å². The molecule has 0 radical (unpaired) electrons. The number of carbonyl (C=O) groups is 1. The first-order valence-electron chi connectivity index (χ1n) is 5.83. The standard InChI is InChI=1S/C12H26N2O2/c1-9(2)13-8-7-10(15)14-11(3,4)12(5,6)16/h9,13,16H,7-8H2,1-6H3,(H,14,15). The molecule has 0 fully saturated rings. The first-order valence-corrected chi connectivity index (χ1v) is 5.83. The summed E-state index contributed by atoms with van der Waals surface area (Å²) in [6.07, 6.45) is 0.428. The van der Waals surface area contributed by atoms with Gasteiger partial charge in [0.15, 0.2) is 0 Å². The Morgan fingerprint density at radius 2 is 1.75 bits per heavy atom. The molecule has 1 amide bonds. The Hall–Kier alpha value is -0.610. The third-order valence-electron chi connectivity index (χ3n) is 2.89. The van der Waals surface area contributed by atoms with Crippen molar-refractivity contribution in [2.45, 2.75) is 65.1 Å². The van der Waals surface area contributed by atoms with Crippen LogP contribution >= 0.6 is 0 Å². The zero-order valence-corrected chi connectivity index (χ0v) is 11.3. The van der Waals surface area contributed by atoms with Gasteiger partial charge < -0.3 is 15.7 Å². The van der Waals surface area contributed by atoms with E-state index in [1.807, 2.05) is 27.7 Å². The number of nitrogens with one attached hydrogen (secondary N) is 2. The van der Waals surface area contributed by atoms with Gasteiger partial charge in [-0.2, -0.15) is 0 Å². The molecule has 0 aromatic carbocycles. The van der Waals surface area contributed by atoms with Crippen LogP contribution in [0.1, 0.15) is 48.0 Å². The van der Waals surface area contributed by atoms with Gasteiger partial charge in [0.05, 0.1) is 11.1 Å². The Morgan fingerprint density at radius 3 is 2.12 bits per heavy atom. The number of hydrogen-bond donors (Lipinski definition) is 3. The van der Waals surface area contributed by atoms with Crippen LogP contribution in [0.4, 0.5) is 0 Å². The Kier molecular flexibility index (Phi) is 5.42. The smallest absolute Gasteiger partial charge is 0.221 e. The van der Waals surface area contributed by atoms with Gasteiger partial charge in [-0.25, -0.2) is 0 Å². The van der Waals surface area contributed by atoms with Crippen LogP contribution in [0.15, 0.2) is 0 Å². The zero-order valence-electron chi connectivity index (χ0n) is 11.3. The third kappa shape index (κ3) is 5.47. The number of amides is 1. The quantitative estimate of drug-likeness (QED) is 0.639. The zero-order chi connectivity index (χ0) is 13.0. The molecule has 0 aliphatic heterocycles. The highest BCUT2D eigenvalue weighted by Crippen LogP contribution is 2.20. The summed E-state index contributed by atoms with van der Waals surface area (Å²) in [5.74, 6) is -0.0414. The summed E-state index contributed by atoms with van der Waals surface area (Å²) in [5.41, 5.74) is -1.56. The first kappa shape index (κ1) is 15.4. The second kappa shape index (κ2) is 5.64. The summed E-state index contributed by atoms with van der Waals surface area (Å²) in [5, 5.41) is 15.9. The van der Waals surface area contributed by atoms with Crippen molar-refractivity contribution in [1.82, 2.24) is 10.6 Å². The lowest BCUT2D eigenvalue weighted by atomic mass is 9.86. The van der Waals surface area contributed by atoms with Crippen LogP contribution < -0.4 is 10.6 Å². The molecule has 0 heterocycles. The van der Waals surface area contributed by atoms with Gasteiger partial charge in [-0.15, -0.1) is 0 Å². The second-order valence-electron chi connectivity index (χ2n) is 5.59. The fraction of sp³-hybridized carbons (Fsp3) is 0.917. The Bertz CT molecular complexity index is 230. The van der Waals surface area contributed by atoms with E-state index in [9.17, 15) is 9.90 Å². The highest BCUT2D eigenvalue weighted by atomic mass is 16.3. The summed E-state index contributed by atoms with van der Waals surface area (Å²) in [6, 6.07) is 0.384. The molecule has 0 spiro atoms. The highest BCUT2D eigenvalue weighted by molar-refractivity contribution is 5.77. The van der Waals surface area contributed by atoms with E-state index in [1.165, 1.54) is 0 Å². The molecular weight excluding hydrogens is 204 g/mol. The molecule has 0 aliphatic carbocycles. The number of aliphatic hydroxyl groups is 1. The van der Waals surface area contributed by atoms with Gasteiger partial charge in [0.1, 0.15) is 0 Å². The minimum absolute atomic E-state index is 0.0414. The van der Waals surface area contributed by atoms with Crippen LogP contribution in [-0.4, -0.2) is 34.7 Å². The normalized spacial score (nSPS) is 13.0. The fourth-order valence-electron chi connectivity index (χ4n) is 1.04. The lowest BCUT2D eigenvalue weighted by molar-refractivity contribution is -0.126. The molecular formula is C12H26N2O2. The summed E-state index contributed by atoms with van der Waals surface area (Å²) >= 11 is 0. The van der Waals surface area contributed by atoms with Crippen LogP contribution in [0, 0.1) is 0 Å². The van der Waals surface area contributed by atoms with E-state index < -0.39 is 11.1 Å². The molecule has 0 aromatic rings. The lowest BCUT2D eigenvalue weighted by Crippen LogP contribution is -2.58. The van der Waals surface area contributed by atoms with Gasteiger partial charge in [-0.3, -0.25) is 4.79 Å². The molecule has 16 heavy (non-hydrogen) atoms. The van der Waals surface area contributed by atoms with Crippen molar-refractivity contribution >= 4 is 5.91 Å². The Morgan fingerprint density at radius 1 is 1.25 bits per heavy atom. The minimum Gasteiger partial charge on any atom is -0.388 e. The molecule has 4 nitrogen and oxygen atoms in total. The largest absolute Gasteiger partial charge is 0.388 e. The fourth-order valence-corrected chi connectivity index (χ4v) is 1.04. The Labute approximate surface area is 98.8 Å². The van der Waals surface area contributed by atoms with Crippen LogP contribution in [-0.2, 0) is 4.79 Å². The first-order chi connectivity index (χ1) is 7.06. The molecule has 0 bridgehead atoms. The predicted molar refractivity (Wildman–Crippen MR) is 66.3 cm³/mol. The van der Waals surface area contributed by atoms with Crippen molar-refractivity contribution in [3.8, 4) is 0 Å². The Balaban J connectivity index is 4.05. The molecule has 0 unspecified atom stereocenters. The monoisotopic (exact) mass is 230 g/mol. The van der Waals surface area contributed by atoms with Crippen molar-refractivity contribution in [3.05, 3.63) is 0 Å². The summed E-state index contributed by atoms with van der Waals surface area (Å²) < 4.78 is 0. The van der Waals surface area contributed by atoms with E-state index in [1.54, 1.807) is 13.8 Å². The van der Waals surface area contributed by atoms with Gasteiger partial charge in [0.2, 0.25) is 5.91 Å². The van der Waals surface area contributed by atoms with E-state index in [2.05, 4.69) is 10.6 Å². The van der Waals surface area contributed by atoms with Crippen LogP contribution in [0.25, 0.3) is 0 Å². The van der Waals surface area contributed by atoms with E-state index in [0.29, 0.717) is 19.0 Å². The molecule has 0 saturated carbocycles. The van der Waals surface area contributed by atoms with Crippen LogP contribution in [0.3, 0.4) is 0 Å². The maximum Gasteiger partial charge on any atom is 0.221 e.